The normalized spacial score (nSPS) is 24.8. The first-order chi connectivity index (χ1) is 51.4. The van der Waals surface area contributed by atoms with E-state index in [1.54, 1.807) is 12.1 Å². The van der Waals surface area contributed by atoms with Crippen LogP contribution in [0.3, 0.4) is 0 Å². The summed E-state index contributed by atoms with van der Waals surface area (Å²) in [7, 11) is 0. The molecule has 17 nitrogen and oxygen atoms in total. The molecule has 4 N–H and O–H groups in total. The second-order valence-corrected chi connectivity index (χ2v) is 28.1. The number of aromatic nitrogens is 1. The van der Waals surface area contributed by atoms with Crippen molar-refractivity contribution < 1.29 is 63.0 Å². The van der Waals surface area contributed by atoms with Crippen LogP contribution in [0.1, 0.15) is 109 Å². The number of carbonyl (C=O) groups is 6. The van der Waals surface area contributed by atoms with E-state index in [9.17, 15) is 29.7 Å². The lowest BCUT2D eigenvalue weighted by Crippen LogP contribution is -2.54. The minimum Gasteiger partial charge on any atom is -0.491 e. The Bertz CT molecular complexity index is 4970. The Morgan fingerprint density at radius 3 is 1.56 bits per heavy atom. The number of amides is 1. The van der Waals surface area contributed by atoms with Crippen LogP contribution in [0.4, 0.5) is 0 Å². The molecule has 9 aromatic carbocycles. The number of thiazole rings is 1. The Labute approximate surface area is 611 Å². The topological polar surface area (TPSA) is 231 Å². The number of esters is 2. The fourth-order valence-electron chi connectivity index (χ4n) is 17.6. The molecule has 5 heterocycles. The van der Waals surface area contributed by atoms with E-state index >= 15 is 14.4 Å². The molecule has 528 valence electrons. The third-order valence-electron chi connectivity index (χ3n) is 21.4. The summed E-state index contributed by atoms with van der Waals surface area (Å²) in [5.41, 5.74) is 5.78. The van der Waals surface area contributed by atoms with Crippen molar-refractivity contribution in [1.29, 1.82) is 0 Å². The van der Waals surface area contributed by atoms with Gasteiger partial charge in [0.15, 0.2) is 11.6 Å². The number of rotatable bonds is 19. The molecule has 4 aliphatic heterocycles. The second-order valence-electron chi connectivity index (χ2n) is 27.0. The first kappa shape index (κ1) is 69.7. The first-order valence-electron chi connectivity index (χ1n) is 35.4. The highest BCUT2D eigenvalue weighted by Crippen LogP contribution is 2.68. The third kappa shape index (κ3) is 12.2. The number of hydrogen-bond donors (Lipinski definition) is 4. The third-order valence-corrected chi connectivity index (χ3v) is 22.4. The summed E-state index contributed by atoms with van der Waals surface area (Å²) in [5.74, 6) is 2.40. The Kier molecular flexibility index (Phi) is 19.9. The van der Waals surface area contributed by atoms with Gasteiger partial charge in [0.1, 0.15) is 59.8 Å². The van der Waals surface area contributed by atoms with E-state index in [2.05, 4.69) is 28.6 Å². The van der Waals surface area contributed by atoms with Crippen molar-refractivity contribution in [1.82, 2.24) is 20.1 Å². The molecule has 2 spiro atoms. The number of para-hydroxylation sites is 3. The monoisotopic (exact) mass is 1420 g/mol. The van der Waals surface area contributed by atoms with Crippen molar-refractivity contribution in [3.63, 3.8) is 0 Å². The molecule has 105 heavy (non-hydrogen) atoms. The highest BCUT2D eigenvalue weighted by Gasteiger charge is 2.75. The van der Waals surface area contributed by atoms with Gasteiger partial charge in [-0.15, -0.1) is 17.9 Å². The van der Waals surface area contributed by atoms with Gasteiger partial charge in [-0.3, -0.25) is 38.6 Å². The number of hydrogen-bond acceptors (Lipinski definition) is 17. The fraction of sp³-hybridized carbons (Fsp3) is 0.253. The molecular weight excluding hydrogens is 1340 g/mol. The van der Waals surface area contributed by atoms with Crippen LogP contribution >= 0.6 is 11.3 Å². The zero-order valence-electron chi connectivity index (χ0n) is 57.3. The van der Waals surface area contributed by atoms with Crippen LogP contribution in [0.2, 0.25) is 0 Å². The average molecular weight is 1420 g/mol. The number of benzene rings is 9. The predicted octanol–water partition coefficient (Wildman–Crippen LogP) is 11.5. The predicted molar refractivity (Wildman–Crippen MR) is 394 cm³/mol. The quantitative estimate of drug-likeness (QED) is 0.0335. The average Bonchev–Trinajstić information content (AvgIpc) is 1.51. The van der Waals surface area contributed by atoms with Crippen LogP contribution < -0.4 is 14.8 Å². The van der Waals surface area contributed by atoms with E-state index in [4.69, 9.17) is 23.9 Å². The van der Waals surface area contributed by atoms with Gasteiger partial charge in [0.2, 0.25) is 5.91 Å². The van der Waals surface area contributed by atoms with Crippen LogP contribution in [0, 0.1) is 23.7 Å². The minimum atomic E-state index is -1.60. The molecule has 2 aliphatic carbocycles. The molecule has 18 heteroatoms. The van der Waals surface area contributed by atoms with E-state index in [0.717, 1.165) is 49.2 Å². The zero-order valence-corrected chi connectivity index (χ0v) is 58.1. The Morgan fingerprint density at radius 2 is 1.03 bits per heavy atom. The molecule has 0 radical (unpaired) electrons. The number of nitrogens with zero attached hydrogens (tertiary/aromatic N) is 3. The van der Waals surface area contributed by atoms with E-state index in [-0.39, 0.29) is 82.6 Å². The molecule has 10 aromatic rings. The Hall–Kier alpha value is -11.0. The highest BCUT2D eigenvalue weighted by atomic mass is 32.1. The smallest absolute Gasteiger partial charge is 0.324 e. The lowest BCUT2D eigenvalue weighted by atomic mass is 9.63. The number of fused-ring (bicyclic) bond motifs is 7. The van der Waals surface area contributed by atoms with Crippen molar-refractivity contribution in [2.75, 3.05) is 39.6 Å². The van der Waals surface area contributed by atoms with E-state index in [0.29, 0.717) is 38.8 Å². The van der Waals surface area contributed by atoms with E-state index < -0.39 is 89.0 Å². The Balaban J connectivity index is 0.000000169. The van der Waals surface area contributed by atoms with Gasteiger partial charge in [0.05, 0.1) is 83.3 Å². The molecule has 1 aromatic heterocycles. The van der Waals surface area contributed by atoms with Crippen molar-refractivity contribution in [3.05, 3.63) is 315 Å². The van der Waals surface area contributed by atoms with Crippen LogP contribution in [-0.4, -0.2) is 117 Å². The maximum absolute atomic E-state index is 15.4. The van der Waals surface area contributed by atoms with Crippen LogP contribution in [0.15, 0.2) is 249 Å². The minimum absolute atomic E-state index is 0.00463. The summed E-state index contributed by atoms with van der Waals surface area (Å²) in [6.45, 7) is 3.38. The first-order valence-corrected chi connectivity index (χ1v) is 36.2. The number of carbonyl (C=O) groups excluding carboxylic acids is 6. The molecule has 4 saturated heterocycles. The molecule has 4 fully saturated rings. The van der Waals surface area contributed by atoms with Crippen LogP contribution in [-0.2, 0) is 68.3 Å². The Morgan fingerprint density at radius 1 is 0.552 bits per heavy atom. The fourth-order valence-corrected chi connectivity index (χ4v) is 18.6. The van der Waals surface area contributed by atoms with Crippen molar-refractivity contribution in [2.24, 2.45) is 11.8 Å². The van der Waals surface area contributed by atoms with Gasteiger partial charge < -0.3 is 39.6 Å². The molecular formula is C87H76N4O13S. The van der Waals surface area contributed by atoms with Crippen LogP contribution in [0.25, 0.3) is 10.2 Å². The number of ketones is 3. The number of Topliss-reactive ketones (excluding diaryl/α,β-unsaturated/α-hetero) is 3. The summed E-state index contributed by atoms with van der Waals surface area (Å²) in [6, 6.07) is 69.2. The second kappa shape index (κ2) is 30.0. The summed E-state index contributed by atoms with van der Waals surface area (Å²) >= 11 is 1.45. The summed E-state index contributed by atoms with van der Waals surface area (Å²) in [6.07, 6.45) is 0.388. The number of aliphatic hydroxyl groups excluding tert-OH is 3. The molecule has 0 unspecified atom stereocenters. The number of cyclic esters (lactones) is 2. The largest absolute Gasteiger partial charge is 0.491 e. The van der Waals surface area contributed by atoms with Gasteiger partial charge in [-0.2, -0.15) is 0 Å². The SMILES string of the molecule is C=CCNC(=O)[C@H]1[C@@H]2C(=O)O[C@@H](c3ccccc3)[C@@H](c3ccccc3)N2[C@@H](c2ccccc2OCCO)[C@]12C(=O)Cc1ccc(C#CCCO)cc12.O=C1O[C@@H](c2ccccc2)[C@@H](c2ccccc2)N2[C@@H](c3ccccc3OCCO)[C@]3(C(=O)Cc4ccccc43)[C@@H](C(=O)Cc3nc4ccccc4s3)[C@H]12. The summed E-state index contributed by atoms with van der Waals surface area (Å²) in [5, 5.41) is 32.6. The lowest BCUT2D eigenvalue weighted by Gasteiger charge is -2.46. The van der Waals surface area contributed by atoms with Gasteiger partial charge in [-0.1, -0.05) is 218 Å². The molecule has 0 bridgehead atoms. The number of ether oxygens (including phenoxy) is 4. The molecule has 6 aliphatic rings. The van der Waals surface area contributed by atoms with Gasteiger partial charge in [0.25, 0.3) is 0 Å². The number of morpholine rings is 2. The van der Waals surface area contributed by atoms with Crippen molar-refractivity contribution in [2.45, 2.75) is 85.0 Å². The zero-order chi connectivity index (χ0) is 72.3. The van der Waals surface area contributed by atoms with Crippen molar-refractivity contribution >= 4 is 56.7 Å². The molecule has 12 atom stereocenters. The van der Waals surface area contributed by atoms with Gasteiger partial charge in [-0.05, 0) is 80.9 Å². The molecule has 0 saturated carbocycles. The number of aliphatic hydroxyl groups is 3. The summed E-state index contributed by atoms with van der Waals surface area (Å²) < 4.78 is 26.3. The standard InChI is InChI=1S/C44H36N2O6S.C43H40N2O7/c47-23-24-51-34-21-11-8-18-30(34)42-44(31-19-9-7-17-29(31)25-36(44)49)38(33(48)26-37-45-32-20-10-12-22-35(32)53-37)40-43(50)52-41(28-15-5-2-6-16-28)39(46(40)42)27-13-3-1-4-14-27;1-2-22-44-41(49)36-38-42(50)52-39(30-16-7-4-8-17-30)37(29-14-5-3-6-15-29)45(38)40(32-18-9-10-19-34(32)51-25-24-47)43(36)33-26-28(13-11-12-23-46)20-21-31(33)27-35(43)48/h1-22,38-42,47H,23-26H2;2-10,14-21,26,36-40,46-47H,1,12,22-25,27H2,(H,44,49)/t38-,39+,40+,41-,42-,44+;36-,37-,38-,39+,40+,43-/m01/s1. The maximum Gasteiger partial charge on any atom is 0.324 e. The van der Waals surface area contributed by atoms with Gasteiger partial charge >= 0.3 is 11.9 Å². The molecule has 16 rings (SSSR count). The number of nitrogens with one attached hydrogen (secondary N) is 1. The van der Waals surface area contributed by atoms with E-state index in [1.165, 1.54) is 11.3 Å². The van der Waals surface area contributed by atoms with Crippen LogP contribution in [0.5, 0.6) is 11.5 Å². The summed E-state index contributed by atoms with van der Waals surface area (Å²) in [4.78, 5) is 99.3. The van der Waals surface area contributed by atoms with Gasteiger partial charge in [-0.25, -0.2) is 4.98 Å². The van der Waals surface area contributed by atoms with E-state index in [1.807, 2.05) is 235 Å². The lowest BCUT2D eigenvalue weighted by molar-refractivity contribution is -0.178. The van der Waals surface area contributed by atoms with Gasteiger partial charge in [0, 0.05) is 42.5 Å². The van der Waals surface area contributed by atoms with Crippen molar-refractivity contribution in [3.8, 4) is 23.3 Å². The molecule has 1 amide bonds. The maximum atomic E-state index is 15.4. The highest BCUT2D eigenvalue weighted by molar-refractivity contribution is 7.18.